The second kappa shape index (κ2) is 5.87. The lowest BCUT2D eigenvalue weighted by atomic mass is 10.0. The molecule has 1 aromatic heterocycles. The summed E-state index contributed by atoms with van der Waals surface area (Å²) in [5.74, 6) is 1.07. The summed E-state index contributed by atoms with van der Waals surface area (Å²) in [7, 11) is 0. The fraction of sp³-hybridized carbons (Fsp3) is 0.357. The third kappa shape index (κ3) is 3.10. The van der Waals surface area contributed by atoms with Gasteiger partial charge in [-0.25, -0.2) is 0 Å². The molecule has 0 saturated carbocycles. The Hall–Kier alpha value is -1.28. The van der Waals surface area contributed by atoms with Crippen LogP contribution >= 0.6 is 11.6 Å². The molecule has 0 atom stereocenters. The van der Waals surface area contributed by atoms with Gasteiger partial charge in [-0.05, 0) is 18.4 Å². The molecule has 0 spiro atoms. The van der Waals surface area contributed by atoms with Crippen molar-refractivity contribution in [2.75, 3.05) is 0 Å². The van der Waals surface area contributed by atoms with E-state index < -0.39 is 0 Å². The molecule has 0 amide bonds. The molecule has 1 aromatic carbocycles. The Morgan fingerprint density at radius 2 is 2.00 bits per heavy atom. The van der Waals surface area contributed by atoms with Gasteiger partial charge < -0.3 is 4.52 Å². The number of nitrogens with zero attached hydrogens (tertiary/aromatic N) is 1. The number of hydrogen-bond acceptors (Lipinski definition) is 2. The van der Waals surface area contributed by atoms with Crippen LogP contribution in [-0.2, 0) is 12.3 Å². The van der Waals surface area contributed by atoms with Gasteiger partial charge in [0.2, 0.25) is 0 Å². The minimum absolute atomic E-state index is 0.363. The number of hydrogen-bond donors (Lipinski definition) is 0. The Balaban J connectivity index is 2.11. The Kier molecular flexibility index (Phi) is 4.21. The summed E-state index contributed by atoms with van der Waals surface area (Å²) >= 11 is 5.68. The number of halogens is 1. The van der Waals surface area contributed by atoms with Crippen molar-refractivity contribution in [3.05, 3.63) is 41.7 Å². The molecule has 0 aliphatic carbocycles. The van der Waals surface area contributed by atoms with E-state index in [-0.39, 0.29) is 0 Å². The van der Waals surface area contributed by atoms with Crippen LogP contribution in [0.4, 0.5) is 0 Å². The molecule has 0 aliphatic heterocycles. The molecular formula is C14H16ClNO. The molecule has 0 radical (unpaired) electrons. The van der Waals surface area contributed by atoms with Crippen molar-refractivity contribution in [2.45, 2.75) is 32.1 Å². The first-order valence-corrected chi connectivity index (χ1v) is 6.48. The maximum atomic E-state index is 5.68. The van der Waals surface area contributed by atoms with Crippen LogP contribution in [0.1, 0.15) is 31.1 Å². The zero-order valence-corrected chi connectivity index (χ0v) is 10.7. The lowest BCUT2D eigenvalue weighted by Crippen LogP contribution is -1.84. The van der Waals surface area contributed by atoms with Gasteiger partial charge in [0.15, 0.2) is 5.76 Å². The average Bonchev–Trinajstić information content (AvgIpc) is 2.86. The molecule has 1 heterocycles. The largest absolute Gasteiger partial charge is 0.359 e. The van der Waals surface area contributed by atoms with Gasteiger partial charge in [0.05, 0.1) is 5.88 Å². The lowest BCUT2D eigenvalue weighted by molar-refractivity contribution is 0.396. The molecule has 17 heavy (non-hydrogen) atoms. The number of aromatic nitrogens is 1. The van der Waals surface area contributed by atoms with Gasteiger partial charge in [0.1, 0.15) is 5.69 Å². The van der Waals surface area contributed by atoms with E-state index in [1.807, 2.05) is 6.07 Å². The standard InChI is InChI=1S/C14H16ClNO/c1-2-3-4-11-5-7-12(8-6-11)14-9-13(10-15)17-16-14/h5-9H,2-4,10H2,1H3. The monoisotopic (exact) mass is 249 g/mol. The minimum Gasteiger partial charge on any atom is -0.359 e. The average molecular weight is 250 g/mol. The molecule has 0 bridgehead atoms. The van der Waals surface area contributed by atoms with Crippen LogP contribution in [0.5, 0.6) is 0 Å². The Bertz CT molecular complexity index is 461. The zero-order valence-electron chi connectivity index (χ0n) is 9.95. The summed E-state index contributed by atoms with van der Waals surface area (Å²) in [4.78, 5) is 0. The molecule has 2 aromatic rings. The summed E-state index contributed by atoms with van der Waals surface area (Å²) in [5, 5.41) is 3.99. The molecule has 0 fully saturated rings. The molecule has 90 valence electrons. The topological polar surface area (TPSA) is 26.0 Å². The van der Waals surface area contributed by atoms with Gasteiger partial charge >= 0.3 is 0 Å². The summed E-state index contributed by atoms with van der Waals surface area (Å²) in [6.07, 6.45) is 3.60. The van der Waals surface area contributed by atoms with Crippen LogP contribution in [0.15, 0.2) is 34.9 Å². The highest BCUT2D eigenvalue weighted by Crippen LogP contribution is 2.20. The maximum Gasteiger partial charge on any atom is 0.152 e. The summed E-state index contributed by atoms with van der Waals surface area (Å²) in [5.41, 5.74) is 3.30. The molecule has 0 saturated heterocycles. The fourth-order valence-corrected chi connectivity index (χ4v) is 1.86. The highest BCUT2D eigenvalue weighted by Gasteiger charge is 2.05. The first kappa shape index (κ1) is 12.2. The highest BCUT2D eigenvalue weighted by atomic mass is 35.5. The first-order valence-electron chi connectivity index (χ1n) is 5.94. The van der Waals surface area contributed by atoms with E-state index in [2.05, 4.69) is 36.3 Å². The van der Waals surface area contributed by atoms with Gasteiger partial charge in [-0.15, -0.1) is 11.6 Å². The molecular weight excluding hydrogens is 234 g/mol. The quantitative estimate of drug-likeness (QED) is 0.733. The van der Waals surface area contributed by atoms with Gasteiger partial charge in [-0.2, -0.15) is 0 Å². The van der Waals surface area contributed by atoms with Crippen LogP contribution in [0.2, 0.25) is 0 Å². The van der Waals surface area contributed by atoms with Crippen molar-refractivity contribution in [3.63, 3.8) is 0 Å². The minimum atomic E-state index is 0.363. The van der Waals surface area contributed by atoms with Crippen molar-refractivity contribution < 1.29 is 4.52 Å². The number of unbranched alkanes of at least 4 members (excludes halogenated alkanes) is 1. The number of alkyl halides is 1. The Morgan fingerprint density at radius 3 is 2.59 bits per heavy atom. The Labute approximate surface area is 107 Å². The van der Waals surface area contributed by atoms with Crippen LogP contribution in [0.3, 0.4) is 0 Å². The predicted octanol–water partition coefficient (Wildman–Crippen LogP) is 4.42. The van der Waals surface area contributed by atoms with E-state index in [9.17, 15) is 0 Å². The van der Waals surface area contributed by atoms with E-state index >= 15 is 0 Å². The number of rotatable bonds is 5. The molecule has 0 unspecified atom stereocenters. The summed E-state index contributed by atoms with van der Waals surface area (Å²) < 4.78 is 5.08. The van der Waals surface area contributed by atoms with E-state index in [1.165, 1.54) is 18.4 Å². The van der Waals surface area contributed by atoms with E-state index in [1.54, 1.807) is 0 Å². The molecule has 2 rings (SSSR count). The van der Waals surface area contributed by atoms with Crippen LogP contribution in [0, 0.1) is 0 Å². The second-order valence-corrected chi connectivity index (χ2v) is 4.38. The third-order valence-electron chi connectivity index (χ3n) is 2.76. The van der Waals surface area contributed by atoms with Gasteiger partial charge in [-0.3, -0.25) is 0 Å². The normalized spacial score (nSPS) is 10.7. The molecule has 2 nitrogen and oxygen atoms in total. The fourth-order valence-electron chi connectivity index (χ4n) is 1.74. The van der Waals surface area contributed by atoms with E-state index in [0.29, 0.717) is 11.6 Å². The maximum absolute atomic E-state index is 5.68. The van der Waals surface area contributed by atoms with Crippen LogP contribution < -0.4 is 0 Å². The number of aryl methyl sites for hydroxylation is 1. The van der Waals surface area contributed by atoms with Crippen LogP contribution in [0.25, 0.3) is 11.3 Å². The second-order valence-electron chi connectivity index (χ2n) is 4.11. The van der Waals surface area contributed by atoms with Crippen molar-refractivity contribution >= 4 is 11.6 Å². The van der Waals surface area contributed by atoms with Gasteiger partial charge in [0, 0.05) is 11.6 Å². The molecule has 3 heteroatoms. The predicted molar refractivity (Wildman–Crippen MR) is 70.1 cm³/mol. The van der Waals surface area contributed by atoms with Crippen LogP contribution in [-0.4, -0.2) is 5.16 Å². The molecule has 0 aliphatic rings. The van der Waals surface area contributed by atoms with E-state index in [0.717, 1.165) is 17.7 Å². The molecule has 0 N–H and O–H groups in total. The van der Waals surface area contributed by atoms with Gasteiger partial charge in [-0.1, -0.05) is 42.8 Å². The highest BCUT2D eigenvalue weighted by molar-refractivity contribution is 6.16. The van der Waals surface area contributed by atoms with Gasteiger partial charge in [0.25, 0.3) is 0 Å². The smallest absolute Gasteiger partial charge is 0.152 e. The summed E-state index contributed by atoms with van der Waals surface area (Å²) in [6, 6.07) is 10.4. The Morgan fingerprint density at radius 1 is 1.24 bits per heavy atom. The SMILES string of the molecule is CCCCc1ccc(-c2cc(CCl)on2)cc1. The van der Waals surface area contributed by atoms with Crippen molar-refractivity contribution in [1.29, 1.82) is 0 Å². The van der Waals surface area contributed by atoms with E-state index in [4.69, 9.17) is 16.1 Å². The van der Waals surface area contributed by atoms with Crippen molar-refractivity contribution in [3.8, 4) is 11.3 Å². The van der Waals surface area contributed by atoms with Crippen molar-refractivity contribution in [1.82, 2.24) is 5.16 Å². The third-order valence-corrected chi connectivity index (χ3v) is 3.02. The lowest BCUT2D eigenvalue weighted by Gasteiger charge is -2.00. The zero-order chi connectivity index (χ0) is 12.1. The van der Waals surface area contributed by atoms with Crippen molar-refractivity contribution in [2.24, 2.45) is 0 Å². The summed E-state index contributed by atoms with van der Waals surface area (Å²) in [6.45, 7) is 2.21. The number of benzene rings is 1. The first-order chi connectivity index (χ1) is 8.33.